The quantitative estimate of drug-likeness (QED) is 0.940. The zero-order chi connectivity index (χ0) is 14.7. The van der Waals surface area contributed by atoms with E-state index in [1.807, 2.05) is 6.07 Å². The summed E-state index contributed by atoms with van der Waals surface area (Å²) >= 11 is 5.98. The summed E-state index contributed by atoms with van der Waals surface area (Å²) in [5.41, 5.74) is 0.309. The van der Waals surface area contributed by atoms with Gasteiger partial charge in [-0.05, 0) is 35.9 Å². The average Bonchev–Trinajstić information content (AvgIpc) is 3.00. The van der Waals surface area contributed by atoms with E-state index in [-0.39, 0.29) is 5.28 Å². The molecule has 0 spiro atoms. The molecule has 2 aromatic heterocycles. The van der Waals surface area contributed by atoms with Gasteiger partial charge in [-0.1, -0.05) is 26.2 Å². The fourth-order valence-corrected chi connectivity index (χ4v) is 2.94. The number of hydrogen-bond donors (Lipinski definition) is 1. The van der Waals surface area contributed by atoms with Crippen LogP contribution >= 0.6 is 11.6 Å². The number of aromatic nitrogens is 5. The largest absolute Gasteiger partial charge is 0.353 e. The smallest absolute Gasteiger partial charge is 0.256 e. The Labute approximate surface area is 129 Å². The molecule has 0 aliphatic heterocycles. The normalized spacial score (nSPS) is 17.6. The SMILES string of the molecule is CC1(CNc2nc(Cl)nc(-n3cccn3)n2)CCCCC1. The van der Waals surface area contributed by atoms with Crippen LogP contribution < -0.4 is 5.32 Å². The van der Waals surface area contributed by atoms with E-state index in [4.69, 9.17) is 11.6 Å². The maximum atomic E-state index is 5.98. The van der Waals surface area contributed by atoms with Crippen molar-refractivity contribution in [2.45, 2.75) is 39.0 Å². The average molecular weight is 307 g/mol. The van der Waals surface area contributed by atoms with Crippen molar-refractivity contribution < 1.29 is 0 Å². The summed E-state index contributed by atoms with van der Waals surface area (Å²) in [7, 11) is 0. The number of hydrogen-bond acceptors (Lipinski definition) is 5. The van der Waals surface area contributed by atoms with Gasteiger partial charge in [-0.2, -0.15) is 20.1 Å². The maximum Gasteiger partial charge on any atom is 0.256 e. The van der Waals surface area contributed by atoms with Crippen LogP contribution in [-0.4, -0.2) is 31.3 Å². The molecule has 1 fully saturated rings. The molecule has 0 radical (unpaired) electrons. The predicted octanol–water partition coefficient (Wildman–Crippen LogP) is 3.09. The van der Waals surface area contributed by atoms with Gasteiger partial charge in [-0.3, -0.25) is 0 Å². The van der Waals surface area contributed by atoms with Crippen molar-refractivity contribution in [2.75, 3.05) is 11.9 Å². The second-order valence-corrected chi connectivity index (χ2v) is 6.24. The molecule has 21 heavy (non-hydrogen) atoms. The Morgan fingerprint density at radius 3 is 2.76 bits per heavy atom. The van der Waals surface area contributed by atoms with Crippen molar-refractivity contribution in [3.8, 4) is 5.95 Å². The monoisotopic (exact) mass is 306 g/mol. The van der Waals surface area contributed by atoms with Crippen molar-refractivity contribution >= 4 is 17.5 Å². The molecular formula is C14H19ClN6. The molecule has 0 bridgehead atoms. The third-order valence-corrected chi connectivity index (χ3v) is 4.21. The minimum Gasteiger partial charge on any atom is -0.353 e. The summed E-state index contributed by atoms with van der Waals surface area (Å²) in [5, 5.41) is 7.59. The van der Waals surface area contributed by atoms with Gasteiger partial charge in [0.2, 0.25) is 11.2 Å². The first kappa shape index (κ1) is 14.3. The van der Waals surface area contributed by atoms with Crippen LogP contribution in [-0.2, 0) is 0 Å². The number of rotatable bonds is 4. The van der Waals surface area contributed by atoms with E-state index < -0.39 is 0 Å². The van der Waals surface area contributed by atoms with E-state index in [1.54, 1.807) is 17.1 Å². The van der Waals surface area contributed by atoms with Gasteiger partial charge < -0.3 is 5.32 Å². The summed E-state index contributed by atoms with van der Waals surface area (Å²) in [6.07, 6.45) is 9.88. The Hall–Kier alpha value is -1.69. The van der Waals surface area contributed by atoms with Gasteiger partial charge in [-0.25, -0.2) is 4.68 Å². The molecule has 2 heterocycles. The highest BCUT2D eigenvalue weighted by Crippen LogP contribution is 2.35. The minimum atomic E-state index is 0.173. The molecule has 1 saturated carbocycles. The lowest BCUT2D eigenvalue weighted by Crippen LogP contribution is -2.29. The second kappa shape index (κ2) is 5.97. The van der Waals surface area contributed by atoms with Crippen LogP contribution in [0, 0.1) is 5.41 Å². The first-order valence-electron chi connectivity index (χ1n) is 7.30. The Kier molecular flexibility index (Phi) is 4.05. The summed E-state index contributed by atoms with van der Waals surface area (Å²) in [6.45, 7) is 3.17. The van der Waals surface area contributed by atoms with Gasteiger partial charge >= 0.3 is 0 Å². The lowest BCUT2D eigenvalue weighted by molar-refractivity contribution is 0.233. The van der Waals surface area contributed by atoms with Gasteiger partial charge in [-0.15, -0.1) is 0 Å². The maximum absolute atomic E-state index is 5.98. The molecule has 2 aromatic rings. The summed E-state index contributed by atoms with van der Waals surface area (Å²) in [5.74, 6) is 0.934. The summed E-state index contributed by atoms with van der Waals surface area (Å²) in [6, 6.07) is 1.81. The molecule has 112 valence electrons. The van der Waals surface area contributed by atoms with Crippen LogP contribution in [0.4, 0.5) is 5.95 Å². The highest BCUT2D eigenvalue weighted by Gasteiger charge is 2.26. The number of halogens is 1. The molecule has 0 atom stereocenters. The van der Waals surface area contributed by atoms with Crippen LogP contribution in [0.15, 0.2) is 18.5 Å². The third kappa shape index (κ3) is 3.50. The molecule has 0 unspecified atom stereocenters. The zero-order valence-corrected chi connectivity index (χ0v) is 12.8. The van der Waals surface area contributed by atoms with Crippen molar-refractivity contribution in [1.82, 2.24) is 24.7 Å². The lowest BCUT2D eigenvalue weighted by atomic mass is 9.76. The molecule has 0 saturated heterocycles. The molecule has 0 aromatic carbocycles. The highest BCUT2D eigenvalue weighted by atomic mass is 35.5. The molecule has 1 N–H and O–H groups in total. The van der Waals surface area contributed by atoms with Gasteiger partial charge in [0.1, 0.15) is 0 Å². The van der Waals surface area contributed by atoms with Crippen LogP contribution in [0.2, 0.25) is 5.28 Å². The first-order valence-corrected chi connectivity index (χ1v) is 7.68. The van der Waals surface area contributed by atoms with E-state index in [1.165, 1.54) is 32.1 Å². The number of nitrogens with one attached hydrogen (secondary N) is 1. The Morgan fingerprint density at radius 1 is 1.24 bits per heavy atom. The number of nitrogens with zero attached hydrogens (tertiary/aromatic N) is 5. The Bertz CT molecular complexity index is 592. The fourth-order valence-electron chi connectivity index (χ4n) is 2.78. The van der Waals surface area contributed by atoms with Gasteiger partial charge in [0.25, 0.3) is 5.95 Å². The topological polar surface area (TPSA) is 68.5 Å². The van der Waals surface area contributed by atoms with E-state index in [9.17, 15) is 0 Å². The molecule has 6 nitrogen and oxygen atoms in total. The fraction of sp³-hybridized carbons (Fsp3) is 0.571. The van der Waals surface area contributed by atoms with Crippen molar-refractivity contribution in [3.05, 3.63) is 23.7 Å². The van der Waals surface area contributed by atoms with Crippen LogP contribution in [0.5, 0.6) is 0 Å². The van der Waals surface area contributed by atoms with Crippen molar-refractivity contribution in [3.63, 3.8) is 0 Å². The van der Waals surface area contributed by atoms with E-state index >= 15 is 0 Å². The summed E-state index contributed by atoms with van der Waals surface area (Å²) < 4.78 is 1.57. The van der Waals surface area contributed by atoms with E-state index in [0.717, 1.165) is 6.54 Å². The van der Waals surface area contributed by atoms with Crippen LogP contribution in [0.3, 0.4) is 0 Å². The van der Waals surface area contributed by atoms with Crippen LogP contribution in [0.25, 0.3) is 5.95 Å². The Morgan fingerprint density at radius 2 is 2.05 bits per heavy atom. The lowest BCUT2D eigenvalue weighted by Gasteiger charge is -2.33. The molecule has 1 aliphatic carbocycles. The minimum absolute atomic E-state index is 0.173. The van der Waals surface area contributed by atoms with Gasteiger partial charge in [0, 0.05) is 18.9 Å². The first-order chi connectivity index (χ1) is 10.1. The third-order valence-electron chi connectivity index (χ3n) is 4.04. The van der Waals surface area contributed by atoms with Crippen molar-refractivity contribution in [1.29, 1.82) is 0 Å². The number of anilines is 1. The molecule has 0 amide bonds. The van der Waals surface area contributed by atoms with E-state index in [0.29, 0.717) is 17.3 Å². The molecule has 1 aliphatic rings. The Balaban J connectivity index is 1.73. The molecule has 7 heteroatoms. The zero-order valence-electron chi connectivity index (χ0n) is 12.1. The second-order valence-electron chi connectivity index (χ2n) is 5.90. The van der Waals surface area contributed by atoms with E-state index in [2.05, 4.69) is 32.3 Å². The summed E-state index contributed by atoms with van der Waals surface area (Å²) in [4.78, 5) is 12.6. The molecular weight excluding hydrogens is 288 g/mol. The van der Waals surface area contributed by atoms with Crippen molar-refractivity contribution in [2.24, 2.45) is 5.41 Å². The van der Waals surface area contributed by atoms with Gasteiger partial charge in [0.15, 0.2) is 0 Å². The highest BCUT2D eigenvalue weighted by molar-refractivity contribution is 6.28. The standard InChI is InChI=1S/C14H19ClN6/c1-14(6-3-2-4-7-14)10-16-12-18-11(15)19-13(20-12)21-9-5-8-17-21/h5,8-9H,2-4,6-7,10H2,1H3,(H,16,18,19,20). The molecule has 3 rings (SSSR count). The van der Waals surface area contributed by atoms with Gasteiger partial charge in [0.05, 0.1) is 0 Å². The predicted molar refractivity (Wildman–Crippen MR) is 81.6 cm³/mol. The van der Waals surface area contributed by atoms with Crippen LogP contribution in [0.1, 0.15) is 39.0 Å².